The van der Waals surface area contributed by atoms with Crippen LogP contribution in [0.2, 0.25) is 5.02 Å². The van der Waals surface area contributed by atoms with Gasteiger partial charge < -0.3 is 20.5 Å². The molecule has 4 rings (SSSR count). The molecule has 10 heteroatoms. The Labute approximate surface area is 265 Å². The van der Waals surface area contributed by atoms with Crippen LogP contribution in [0.4, 0.5) is 5.95 Å². The van der Waals surface area contributed by atoms with Gasteiger partial charge in [-0.05, 0) is 87.4 Å². The molecule has 2 amide bonds. The number of likely N-dealkylation sites (tertiary alicyclic amines) is 1. The normalized spacial score (nSPS) is 16.7. The Bertz CT molecular complexity index is 1570. The van der Waals surface area contributed by atoms with Crippen molar-refractivity contribution in [2.45, 2.75) is 91.5 Å². The first-order valence-corrected chi connectivity index (χ1v) is 15.5. The second-order valence-electron chi connectivity index (χ2n) is 13.5. The molecule has 4 N–H and O–H groups in total. The molecule has 1 saturated heterocycles. The zero-order chi connectivity index (χ0) is 32.2. The predicted molar refractivity (Wildman–Crippen MR) is 176 cm³/mol. The number of aromatic nitrogens is 2. The zero-order valence-electron chi connectivity index (χ0n) is 26.6. The highest BCUT2D eigenvalue weighted by Gasteiger charge is 2.32. The number of hydrogen-bond acceptors (Lipinski definition) is 6. The van der Waals surface area contributed by atoms with E-state index in [1.54, 1.807) is 35.2 Å². The van der Waals surface area contributed by atoms with Gasteiger partial charge >= 0.3 is 0 Å². The Hall–Kier alpha value is -3.71. The summed E-state index contributed by atoms with van der Waals surface area (Å²) in [4.78, 5) is 33.4. The minimum atomic E-state index is -0.529. The van der Waals surface area contributed by atoms with Crippen LogP contribution in [0, 0.1) is 16.7 Å². The number of imidazole rings is 1. The molecule has 0 saturated carbocycles. The number of carbonyl (C=O) groups excluding carboxylic acids is 2. The molecule has 9 nitrogen and oxygen atoms in total. The van der Waals surface area contributed by atoms with E-state index >= 15 is 0 Å². The summed E-state index contributed by atoms with van der Waals surface area (Å²) in [6.07, 6.45) is 3.64. The van der Waals surface area contributed by atoms with Crippen molar-refractivity contribution >= 4 is 40.4 Å². The van der Waals surface area contributed by atoms with E-state index in [2.05, 4.69) is 50.5 Å². The molecule has 1 aliphatic heterocycles. The van der Waals surface area contributed by atoms with Gasteiger partial charge in [-0.15, -0.1) is 0 Å². The van der Waals surface area contributed by atoms with Gasteiger partial charge in [0.05, 0.1) is 17.1 Å². The van der Waals surface area contributed by atoms with Crippen LogP contribution in [0.25, 0.3) is 11.0 Å². The lowest BCUT2D eigenvalue weighted by molar-refractivity contribution is -0.127. The number of rotatable bonds is 10. The third-order valence-electron chi connectivity index (χ3n) is 8.27. The maximum Gasteiger partial charge on any atom is 0.264 e. The molecule has 1 fully saturated rings. The summed E-state index contributed by atoms with van der Waals surface area (Å²) in [6, 6.07) is 15.0. The van der Waals surface area contributed by atoms with E-state index < -0.39 is 5.54 Å². The third-order valence-corrected chi connectivity index (χ3v) is 8.52. The van der Waals surface area contributed by atoms with Crippen LogP contribution in [-0.4, -0.2) is 50.4 Å². The molecule has 2 heterocycles. The summed E-state index contributed by atoms with van der Waals surface area (Å²) >= 11 is 6.03. The average molecular weight is 618 g/mol. The number of hydrogen-bond donors (Lipinski definition) is 3. The molecule has 234 valence electrons. The van der Waals surface area contributed by atoms with E-state index in [1.807, 2.05) is 30.5 Å². The van der Waals surface area contributed by atoms with E-state index in [-0.39, 0.29) is 28.8 Å². The van der Waals surface area contributed by atoms with Crippen LogP contribution < -0.4 is 16.4 Å². The van der Waals surface area contributed by atoms with Gasteiger partial charge in [-0.3, -0.25) is 14.9 Å². The van der Waals surface area contributed by atoms with Crippen molar-refractivity contribution in [1.29, 1.82) is 5.26 Å². The fourth-order valence-electron chi connectivity index (χ4n) is 5.12. The largest absolute Gasteiger partial charge is 0.333 e. The lowest BCUT2D eigenvalue weighted by Crippen LogP contribution is -2.39. The number of nitrogens with two attached hydrogens (primary N) is 1. The highest BCUT2D eigenvalue weighted by molar-refractivity contribution is 6.30. The predicted octanol–water partition coefficient (Wildman–Crippen LogP) is 6.03. The standard InChI is InChI=1S/C34H44ClN7O2/c1-22(33(2,3)4)38-20-23-9-14-29-28(18-23)39-32(40-30(43)24-10-12-26(35)13-11-24)42(29)21-27-8-7-17-41(27)31(44)25(19-36)15-16-34(5,6)37/h9-15,18,22,27,38H,7-8,16-17,20-21,37H2,1-6H3,(H,39,40,43)/b25-15+/t22-,27?/m0/s1. The Kier molecular flexibility index (Phi) is 10.2. The number of carbonyl (C=O) groups is 2. The van der Waals surface area contributed by atoms with Gasteiger partial charge in [-0.1, -0.05) is 44.5 Å². The topological polar surface area (TPSA) is 129 Å². The second kappa shape index (κ2) is 13.5. The number of amides is 2. The Morgan fingerprint density at radius 3 is 2.52 bits per heavy atom. The van der Waals surface area contributed by atoms with Crippen LogP contribution in [0.1, 0.15) is 76.7 Å². The molecule has 2 atom stereocenters. The molecule has 3 aromatic rings. The maximum absolute atomic E-state index is 13.5. The SMILES string of the molecule is C[C@H](NCc1ccc2c(c1)nc(NC(=O)c1ccc(Cl)cc1)n2CC1CCCN1C(=O)/C(C#N)=C/CC(C)(C)N)C(C)(C)C. The number of benzene rings is 2. The fourth-order valence-corrected chi connectivity index (χ4v) is 5.25. The molecule has 1 aliphatic rings. The number of halogens is 1. The Morgan fingerprint density at radius 2 is 1.89 bits per heavy atom. The molecule has 44 heavy (non-hydrogen) atoms. The van der Waals surface area contributed by atoms with Crippen LogP contribution in [0.3, 0.4) is 0 Å². The smallest absolute Gasteiger partial charge is 0.264 e. The average Bonchev–Trinajstić information content (AvgIpc) is 3.55. The molecule has 1 unspecified atom stereocenters. The first kappa shape index (κ1) is 33.2. The number of nitriles is 1. The summed E-state index contributed by atoms with van der Waals surface area (Å²) in [5.41, 5.74) is 8.93. The van der Waals surface area contributed by atoms with Crippen LogP contribution >= 0.6 is 11.6 Å². The lowest BCUT2D eigenvalue weighted by atomic mass is 9.88. The number of nitrogens with one attached hydrogen (secondary N) is 2. The first-order valence-electron chi connectivity index (χ1n) is 15.2. The zero-order valence-corrected chi connectivity index (χ0v) is 27.3. The minimum Gasteiger partial charge on any atom is -0.333 e. The highest BCUT2D eigenvalue weighted by Crippen LogP contribution is 2.28. The van der Waals surface area contributed by atoms with Gasteiger partial charge in [0.25, 0.3) is 11.8 Å². The molecule has 0 bridgehead atoms. The summed E-state index contributed by atoms with van der Waals surface area (Å²) < 4.78 is 1.97. The number of anilines is 1. The van der Waals surface area contributed by atoms with Gasteiger partial charge in [0.1, 0.15) is 11.6 Å². The fraction of sp³-hybridized carbons (Fsp3) is 0.471. The van der Waals surface area contributed by atoms with E-state index in [0.29, 0.717) is 48.6 Å². The van der Waals surface area contributed by atoms with Gasteiger partial charge in [0, 0.05) is 41.8 Å². The number of fused-ring (bicyclic) bond motifs is 1. The van der Waals surface area contributed by atoms with Crippen LogP contribution in [0.5, 0.6) is 0 Å². The van der Waals surface area contributed by atoms with Crippen molar-refractivity contribution in [3.05, 3.63) is 70.3 Å². The van der Waals surface area contributed by atoms with Crippen molar-refractivity contribution in [3.8, 4) is 6.07 Å². The first-order chi connectivity index (χ1) is 20.7. The molecular weight excluding hydrogens is 574 g/mol. The Morgan fingerprint density at radius 1 is 1.18 bits per heavy atom. The van der Waals surface area contributed by atoms with Gasteiger partial charge in [-0.2, -0.15) is 5.26 Å². The van der Waals surface area contributed by atoms with Gasteiger partial charge in [0.15, 0.2) is 0 Å². The second-order valence-corrected chi connectivity index (χ2v) is 14.0. The van der Waals surface area contributed by atoms with Gasteiger partial charge in [-0.25, -0.2) is 4.98 Å². The molecule has 2 aromatic carbocycles. The third kappa shape index (κ3) is 8.26. The molecule has 0 radical (unpaired) electrons. The van der Waals surface area contributed by atoms with Crippen molar-refractivity contribution in [2.75, 3.05) is 11.9 Å². The summed E-state index contributed by atoms with van der Waals surface area (Å²) in [5, 5.41) is 16.9. The molecular formula is C34H44ClN7O2. The Balaban J connectivity index is 1.65. The van der Waals surface area contributed by atoms with Crippen molar-refractivity contribution < 1.29 is 9.59 Å². The van der Waals surface area contributed by atoms with Crippen LogP contribution in [0.15, 0.2) is 54.1 Å². The quantitative estimate of drug-likeness (QED) is 0.188. The van der Waals surface area contributed by atoms with E-state index in [1.165, 1.54) is 0 Å². The minimum absolute atomic E-state index is 0.101. The highest BCUT2D eigenvalue weighted by atomic mass is 35.5. The lowest BCUT2D eigenvalue weighted by Gasteiger charge is -2.28. The number of nitrogens with zero attached hydrogens (tertiary/aromatic N) is 4. The molecule has 0 spiro atoms. The van der Waals surface area contributed by atoms with Crippen molar-refractivity contribution in [1.82, 2.24) is 19.8 Å². The molecule has 0 aliphatic carbocycles. The summed E-state index contributed by atoms with van der Waals surface area (Å²) in [5.74, 6) is -0.206. The summed E-state index contributed by atoms with van der Waals surface area (Å²) in [6.45, 7) is 14.2. The van der Waals surface area contributed by atoms with E-state index in [9.17, 15) is 14.9 Å². The van der Waals surface area contributed by atoms with Crippen LogP contribution in [-0.2, 0) is 17.9 Å². The summed E-state index contributed by atoms with van der Waals surface area (Å²) in [7, 11) is 0. The monoisotopic (exact) mass is 617 g/mol. The van der Waals surface area contributed by atoms with Crippen molar-refractivity contribution in [2.24, 2.45) is 11.1 Å². The van der Waals surface area contributed by atoms with E-state index in [0.717, 1.165) is 29.4 Å². The van der Waals surface area contributed by atoms with E-state index in [4.69, 9.17) is 22.3 Å². The maximum atomic E-state index is 13.5. The van der Waals surface area contributed by atoms with Gasteiger partial charge in [0.2, 0.25) is 5.95 Å². The van der Waals surface area contributed by atoms with Crippen molar-refractivity contribution in [3.63, 3.8) is 0 Å². The molecule has 1 aromatic heterocycles.